The summed E-state index contributed by atoms with van der Waals surface area (Å²) in [5.41, 5.74) is 3.68. The Kier molecular flexibility index (Phi) is 7.51. The molecule has 2 N–H and O–H groups in total. The third-order valence-corrected chi connectivity index (χ3v) is 7.48. The molecule has 9 nitrogen and oxygen atoms in total. The SMILES string of the molecule is CC[C@@H](NC(=O)c1coc(-c2cnc3c(cnn3CC)c2NC2CCOCC2)n1)c1ccccc1I. The van der Waals surface area contributed by atoms with Crippen LogP contribution in [-0.2, 0) is 11.3 Å². The number of nitrogens with one attached hydrogen (secondary N) is 2. The van der Waals surface area contributed by atoms with E-state index in [0.717, 1.165) is 64.9 Å². The highest BCUT2D eigenvalue weighted by atomic mass is 127. The largest absolute Gasteiger partial charge is 0.443 e. The monoisotopic (exact) mass is 600 g/mol. The molecule has 1 aromatic carbocycles. The van der Waals surface area contributed by atoms with Crippen molar-refractivity contribution < 1.29 is 13.9 Å². The Morgan fingerprint density at radius 3 is 2.78 bits per heavy atom. The first-order valence-electron chi connectivity index (χ1n) is 12.3. The van der Waals surface area contributed by atoms with Gasteiger partial charge in [-0.3, -0.25) is 4.79 Å². The van der Waals surface area contributed by atoms with E-state index in [4.69, 9.17) is 9.15 Å². The molecule has 4 aromatic rings. The first kappa shape index (κ1) is 24.7. The third kappa shape index (κ3) is 4.96. The minimum atomic E-state index is -0.275. The molecular weight excluding hydrogens is 571 g/mol. The van der Waals surface area contributed by atoms with Crippen molar-refractivity contribution in [1.82, 2.24) is 25.1 Å². The number of amides is 1. The smallest absolute Gasteiger partial charge is 0.273 e. The predicted molar refractivity (Wildman–Crippen MR) is 146 cm³/mol. The van der Waals surface area contributed by atoms with Crippen LogP contribution in [0.5, 0.6) is 0 Å². The number of ether oxygens (including phenoxy) is 1. The molecule has 1 saturated heterocycles. The van der Waals surface area contributed by atoms with Crippen LogP contribution >= 0.6 is 22.6 Å². The fourth-order valence-corrected chi connectivity index (χ4v) is 5.28. The predicted octanol–water partition coefficient (Wildman–Crippen LogP) is 5.18. The topological polar surface area (TPSA) is 107 Å². The van der Waals surface area contributed by atoms with E-state index in [2.05, 4.69) is 48.3 Å². The van der Waals surface area contributed by atoms with Crippen LogP contribution in [0.15, 0.2) is 47.3 Å². The number of carbonyl (C=O) groups is 1. The Balaban J connectivity index is 1.45. The summed E-state index contributed by atoms with van der Waals surface area (Å²) in [6.07, 6.45) is 7.54. The number of fused-ring (bicyclic) bond motifs is 1. The molecule has 1 aliphatic heterocycles. The van der Waals surface area contributed by atoms with Crippen LogP contribution in [0.4, 0.5) is 5.69 Å². The molecule has 4 heterocycles. The van der Waals surface area contributed by atoms with Crippen LogP contribution in [0.25, 0.3) is 22.5 Å². The number of hydrogen-bond donors (Lipinski definition) is 2. The lowest BCUT2D eigenvalue weighted by Crippen LogP contribution is -2.29. The zero-order valence-corrected chi connectivity index (χ0v) is 22.5. The molecule has 1 fully saturated rings. The van der Waals surface area contributed by atoms with Gasteiger partial charge in [0.05, 0.1) is 28.9 Å². The molecule has 0 radical (unpaired) electrons. The fraction of sp³-hybridized carbons (Fsp3) is 0.385. The summed E-state index contributed by atoms with van der Waals surface area (Å²) in [4.78, 5) is 22.3. The number of aromatic nitrogens is 4. The van der Waals surface area contributed by atoms with Gasteiger partial charge in [0.1, 0.15) is 6.26 Å². The van der Waals surface area contributed by atoms with Crippen LogP contribution in [0.3, 0.4) is 0 Å². The third-order valence-electron chi connectivity index (χ3n) is 6.50. The van der Waals surface area contributed by atoms with Gasteiger partial charge >= 0.3 is 0 Å². The number of nitrogens with zero attached hydrogens (tertiary/aromatic N) is 4. The van der Waals surface area contributed by atoms with Gasteiger partial charge in [-0.2, -0.15) is 5.10 Å². The average molecular weight is 600 g/mol. The molecule has 0 aliphatic carbocycles. The highest BCUT2D eigenvalue weighted by molar-refractivity contribution is 14.1. The maximum Gasteiger partial charge on any atom is 0.273 e. The lowest BCUT2D eigenvalue weighted by Gasteiger charge is -2.25. The van der Waals surface area contributed by atoms with Gasteiger partial charge in [0.15, 0.2) is 11.3 Å². The number of halogens is 1. The van der Waals surface area contributed by atoms with Crippen molar-refractivity contribution in [1.29, 1.82) is 0 Å². The Morgan fingerprint density at radius 1 is 1.22 bits per heavy atom. The first-order valence-corrected chi connectivity index (χ1v) is 13.4. The Hall–Kier alpha value is -2.99. The first-order chi connectivity index (χ1) is 17.6. The van der Waals surface area contributed by atoms with Crippen molar-refractivity contribution in [2.45, 2.75) is 51.7 Å². The van der Waals surface area contributed by atoms with E-state index in [1.54, 1.807) is 6.20 Å². The second kappa shape index (κ2) is 11.0. The average Bonchev–Trinajstić information content (AvgIpc) is 3.56. The summed E-state index contributed by atoms with van der Waals surface area (Å²) < 4.78 is 14.3. The summed E-state index contributed by atoms with van der Waals surface area (Å²) >= 11 is 2.30. The van der Waals surface area contributed by atoms with Crippen LogP contribution < -0.4 is 10.6 Å². The highest BCUT2D eigenvalue weighted by Crippen LogP contribution is 2.35. The highest BCUT2D eigenvalue weighted by Gasteiger charge is 2.24. The van der Waals surface area contributed by atoms with Crippen LogP contribution in [0, 0.1) is 3.57 Å². The van der Waals surface area contributed by atoms with E-state index in [1.165, 1.54) is 6.26 Å². The summed E-state index contributed by atoms with van der Waals surface area (Å²) in [6.45, 7) is 6.24. The van der Waals surface area contributed by atoms with Crippen molar-refractivity contribution in [2.75, 3.05) is 18.5 Å². The second-order valence-electron chi connectivity index (χ2n) is 8.77. The summed E-state index contributed by atoms with van der Waals surface area (Å²) in [7, 11) is 0. The van der Waals surface area contributed by atoms with Gasteiger partial charge < -0.3 is 19.8 Å². The van der Waals surface area contributed by atoms with Gasteiger partial charge in [0.25, 0.3) is 5.91 Å². The number of rotatable bonds is 8. The summed E-state index contributed by atoms with van der Waals surface area (Å²) in [5, 5.41) is 12.1. The van der Waals surface area contributed by atoms with Gasteiger partial charge in [0.2, 0.25) is 5.89 Å². The van der Waals surface area contributed by atoms with E-state index in [0.29, 0.717) is 11.5 Å². The van der Waals surface area contributed by atoms with Crippen molar-refractivity contribution in [2.24, 2.45) is 0 Å². The van der Waals surface area contributed by atoms with Crippen LogP contribution in [0.1, 0.15) is 55.2 Å². The Bertz CT molecular complexity index is 1360. The number of anilines is 1. The Morgan fingerprint density at radius 2 is 2.03 bits per heavy atom. The quantitative estimate of drug-likeness (QED) is 0.269. The van der Waals surface area contributed by atoms with E-state index in [9.17, 15) is 4.79 Å². The van der Waals surface area contributed by atoms with E-state index >= 15 is 0 Å². The molecule has 0 spiro atoms. The van der Waals surface area contributed by atoms with E-state index in [1.807, 2.05) is 49.0 Å². The number of hydrogen-bond acceptors (Lipinski definition) is 7. The maximum atomic E-state index is 13.1. The van der Waals surface area contributed by atoms with Crippen LogP contribution in [-0.4, -0.2) is 44.9 Å². The Labute approximate surface area is 223 Å². The number of aryl methyl sites for hydroxylation is 1. The number of oxazole rings is 1. The zero-order chi connectivity index (χ0) is 25.1. The molecule has 1 aliphatic rings. The lowest BCUT2D eigenvalue weighted by molar-refractivity contribution is 0.0904. The number of carbonyl (C=O) groups excluding carboxylic acids is 1. The molecule has 188 valence electrons. The van der Waals surface area contributed by atoms with Gasteiger partial charge in [-0.25, -0.2) is 14.6 Å². The van der Waals surface area contributed by atoms with Crippen molar-refractivity contribution in [3.8, 4) is 11.5 Å². The molecule has 0 bridgehead atoms. The summed E-state index contributed by atoms with van der Waals surface area (Å²) in [5.74, 6) is 0.0685. The molecule has 0 unspecified atom stereocenters. The normalized spacial score (nSPS) is 15.2. The lowest BCUT2D eigenvalue weighted by atomic mass is 10.0. The molecule has 5 rings (SSSR count). The second-order valence-corrected chi connectivity index (χ2v) is 9.93. The minimum Gasteiger partial charge on any atom is -0.443 e. The van der Waals surface area contributed by atoms with Gasteiger partial charge in [-0.15, -0.1) is 0 Å². The molecule has 0 saturated carbocycles. The van der Waals surface area contributed by atoms with Crippen molar-refractivity contribution in [3.63, 3.8) is 0 Å². The zero-order valence-electron chi connectivity index (χ0n) is 20.3. The summed E-state index contributed by atoms with van der Waals surface area (Å²) in [6, 6.07) is 8.19. The van der Waals surface area contributed by atoms with E-state index in [-0.39, 0.29) is 23.7 Å². The number of pyridine rings is 1. The van der Waals surface area contributed by atoms with Gasteiger partial charge in [0, 0.05) is 35.6 Å². The fourth-order valence-electron chi connectivity index (χ4n) is 4.51. The van der Waals surface area contributed by atoms with Gasteiger partial charge in [-0.05, 0) is 60.4 Å². The molecule has 36 heavy (non-hydrogen) atoms. The molecule has 10 heteroatoms. The van der Waals surface area contributed by atoms with Gasteiger partial charge in [-0.1, -0.05) is 25.1 Å². The molecule has 1 atom stereocenters. The van der Waals surface area contributed by atoms with Crippen LogP contribution in [0.2, 0.25) is 0 Å². The number of benzene rings is 1. The van der Waals surface area contributed by atoms with E-state index < -0.39 is 0 Å². The standard InChI is InChI=1S/C26H29IN6O3/c1-3-21(17-7-5-6-8-20(17)27)31-25(34)22-15-36-26(32-22)19-13-28-24-18(14-29-33(24)4-2)23(19)30-16-9-11-35-12-10-16/h5-8,13-16,21H,3-4,9-12H2,1-2H3,(H,28,30)(H,31,34)/t21-/m1/s1. The molecule has 1 amide bonds. The van der Waals surface area contributed by atoms with Crippen molar-refractivity contribution in [3.05, 3.63) is 57.7 Å². The molecule has 3 aromatic heterocycles. The minimum absolute atomic E-state index is 0.116. The maximum absolute atomic E-state index is 13.1. The van der Waals surface area contributed by atoms with Crippen molar-refractivity contribution >= 4 is 45.2 Å². The molecular formula is C26H29IN6O3.